The Bertz CT molecular complexity index is 1080. The summed E-state index contributed by atoms with van der Waals surface area (Å²) >= 11 is 0. The maximum atomic E-state index is 12.8. The third-order valence-corrected chi connectivity index (χ3v) is 4.79. The molecule has 1 aliphatic rings. The monoisotopic (exact) mass is 370 g/mol. The highest BCUT2D eigenvalue weighted by Gasteiger charge is 2.29. The average molecular weight is 370 g/mol. The number of hydrogen-bond acceptors (Lipinski definition) is 6. The molecule has 142 valence electrons. The first-order chi connectivity index (χ1) is 12.8. The lowest BCUT2D eigenvalue weighted by molar-refractivity contribution is -0.124. The van der Waals surface area contributed by atoms with E-state index in [4.69, 9.17) is 4.74 Å². The van der Waals surface area contributed by atoms with Crippen molar-refractivity contribution < 1.29 is 9.53 Å². The summed E-state index contributed by atoms with van der Waals surface area (Å²) in [7, 11) is 0. The minimum atomic E-state index is -0.280. The highest BCUT2D eigenvalue weighted by atomic mass is 16.5. The maximum Gasteiger partial charge on any atom is 0.262 e. The Morgan fingerprint density at radius 1 is 1.44 bits per heavy atom. The van der Waals surface area contributed by atoms with Gasteiger partial charge in [-0.05, 0) is 39.7 Å². The molecular formula is C18H22N6O3. The van der Waals surface area contributed by atoms with Crippen molar-refractivity contribution in [2.75, 3.05) is 6.61 Å². The second kappa shape index (κ2) is 6.41. The molecule has 1 amide bonds. The summed E-state index contributed by atoms with van der Waals surface area (Å²) in [5, 5.41) is 7.68. The van der Waals surface area contributed by atoms with Crippen LogP contribution in [0.5, 0.6) is 0 Å². The third-order valence-electron chi connectivity index (χ3n) is 4.79. The fourth-order valence-corrected chi connectivity index (χ4v) is 3.57. The van der Waals surface area contributed by atoms with Crippen molar-refractivity contribution >= 4 is 22.6 Å². The number of fused-ring (bicyclic) bond motifs is 3. The Labute approximate surface area is 155 Å². The van der Waals surface area contributed by atoms with Crippen LogP contribution in [0.2, 0.25) is 0 Å². The maximum absolute atomic E-state index is 12.8. The molecule has 0 unspecified atom stereocenters. The first-order valence-electron chi connectivity index (χ1n) is 8.97. The van der Waals surface area contributed by atoms with Crippen molar-refractivity contribution in [2.45, 2.75) is 51.8 Å². The summed E-state index contributed by atoms with van der Waals surface area (Å²) in [6.45, 7) is 6.37. The van der Waals surface area contributed by atoms with Crippen LogP contribution in [0.4, 0.5) is 0 Å². The van der Waals surface area contributed by atoms with Crippen LogP contribution < -0.4 is 10.9 Å². The average Bonchev–Trinajstić information content (AvgIpc) is 2.97. The van der Waals surface area contributed by atoms with Crippen LogP contribution in [0.1, 0.15) is 32.5 Å². The van der Waals surface area contributed by atoms with Gasteiger partial charge in [0.15, 0.2) is 0 Å². The molecule has 3 aromatic heterocycles. The second-order valence-corrected chi connectivity index (χ2v) is 7.54. The van der Waals surface area contributed by atoms with Crippen LogP contribution >= 0.6 is 0 Å². The van der Waals surface area contributed by atoms with Gasteiger partial charge in [0.05, 0.1) is 16.5 Å². The van der Waals surface area contributed by atoms with Gasteiger partial charge in [0.25, 0.3) is 11.3 Å². The van der Waals surface area contributed by atoms with Crippen LogP contribution in [0.15, 0.2) is 23.3 Å². The quantitative estimate of drug-likeness (QED) is 0.732. The lowest BCUT2D eigenvalue weighted by Crippen LogP contribution is -2.47. The predicted molar refractivity (Wildman–Crippen MR) is 98.5 cm³/mol. The minimum absolute atomic E-state index is 0.0407. The molecule has 27 heavy (non-hydrogen) atoms. The molecule has 0 aliphatic carbocycles. The fraction of sp³-hybridized carbons (Fsp3) is 0.500. The predicted octanol–water partition coefficient (Wildman–Crippen LogP) is 0.821. The summed E-state index contributed by atoms with van der Waals surface area (Å²) in [5.41, 5.74) is 0.0918. The number of carbonyl (C=O) groups excluding carboxylic acids is 1. The van der Waals surface area contributed by atoms with Crippen LogP contribution in [0.25, 0.3) is 16.7 Å². The molecule has 0 spiro atoms. The molecule has 1 fully saturated rings. The lowest BCUT2D eigenvalue weighted by atomic mass is 9.94. The summed E-state index contributed by atoms with van der Waals surface area (Å²) in [6.07, 6.45) is 4.61. The summed E-state index contributed by atoms with van der Waals surface area (Å²) < 4.78 is 8.60. The highest BCUT2D eigenvalue weighted by Crippen LogP contribution is 2.23. The summed E-state index contributed by atoms with van der Waals surface area (Å²) in [4.78, 5) is 33.6. The molecule has 0 aromatic carbocycles. The van der Waals surface area contributed by atoms with Gasteiger partial charge in [0.1, 0.15) is 12.4 Å². The van der Waals surface area contributed by atoms with Crippen molar-refractivity contribution in [1.82, 2.24) is 29.5 Å². The van der Waals surface area contributed by atoms with Gasteiger partial charge in [0.2, 0.25) is 5.91 Å². The van der Waals surface area contributed by atoms with E-state index in [-0.39, 0.29) is 29.7 Å². The number of nitrogens with one attached hydrogen (secondary N) is 1. The van der Waals surface area contributed by atoms with E-state index in [9.17, 15) is 9.59 Å². The molecule has 9 heteroatoms. The lowest BCUT2D eigenvalue weighted by Gasteiger charge is -2.35. The standard InChI is InChI=1S/C18H22N6O3/c1-11-20-17-19-9-13-14(24(17)22-11)4-6-23(16(13)26)10-15(25)21-12-5-7-27-18(2,3)8-12/h4,6,9,12H,5,7-8,10H2,1-3H3,(H,21,25)/t12-/m0/s1. The summed E-state index contributed by atoms with van der Waals surface area (Å²) in [5.74, 6) is 0.833. The molecule has 0 bridgehead atoms. The topological polar surface area (TPSA) is 103 Å². The van der Waals surface area contributed by atoms with E-state index in [1.807, 2.05) is 13.8 Å². The van der Waals surface area contributed by atoms with Crippen molar-refractivity contribution in [3.63, 3.8) is 0 Å². The normalized spacial score (nSPS) is 19.4. The smallest absolute Gasteiger partial charge is 0.262 e. The van der Waals surface area contributed by atoms with Gasteiger partial charge in [-0.15, -0.1) is 5.10 Å². The highest BCUT2D eigenvalue weighted by molar-refractivity contribution is 5.80. The molecular weight excluding hydrogens is 348 g/mol. The van der Waals surface area contributed by atoms with E-state index in [2.05, 4.69) is 20.4 Å². The molecule has 3 aromatic rings. The molecule has 1 aliphatic heterocycles. The van der Waals surface area contributed by atoms with Gasteiger partial charge < -0.3 is 14.6 Å². The van der Waals surface area contributed by atoms with Gasteiger partial charge in [-0.2, -0.15) is 9.50 Å². The van der Waals surface area contributed by atoms with Gasteiger partial charge in [-0.25, -0.2) is 4.98 Å². The number of hydrogen-bond donors (Lipinski definition) is 1. The van der Waals surface area contributed by atoms with Crippen LogP contribution in [0, 0.1) is 6.92 Å². The Morgan fingerprint density at radius 2 is 2.26 bits per heavy atom. The Kier molecular flexibility index (Phi) is 4.18. The third kappa shape index (κ3) is 3.42. The number of aryl methyl sites for hydroxylation is 1. The van der Waals surface area contributed by atoms with E-state index in [1.165, 1.54) is 10.8 Å². The number of ether oxygens (including phenoxy) is 1. The van der Waals surface area contributed by atoms with Crippen LogP contribution in [-0.4, -0.2) is 48.3 Å². The number of aromatic nitrogens is 5. The SMILES string of the molecule is Cc1nc2ncc3c(=O)n(CC(=O)N[C@H]4CCOC(C)(C)C4)ccc3n2n1. The zero-order valence-electron chi connectivity index (χ0n) is 15.6. The summed E-state index contributed by atoms with van der Waals surface area (Å²) in [6, 6.07) is 1.81. The molecule has 9 nitrogen and oxygen atoms in total. The molecule has 1 saturated heterocycles. The van der Waals surface area contributed by atoms with Crippen LogP contribution in [0.3, 0.4) is 0 Å². The zero-order chi connectivity index (χ0) is 19.2. The van der Waals surface area contributed by atoms with Gasteiger partial charge in [-0.3, -0.25) is 9.59 Å². The van der Waals surface area contributed by atoms with Gasteiger partial charge in [-0.1, -0.05) is 0 Å². The largest absolute Gasteiger partial charge is 0.375 e. The zero-order valence-corrected chi connectivity index (χ0v) is 15.6. The molecule has 1 atom stereocenters. The Morgan fingerprint density at radius 3 is 3.04 bits per heavy atom. The fourth-order valence-electron chi connectivity index (χ4n) is 3.57. The van der Waals surface area contributed by atoms with Gasteiger partial charge >= 0.3 is 0 Å². The number of amides is 1. The molecule has 4 heterocycles. The first kappa shape index (κ1) is 17.6. The Hall–Kier alpha value is -2.81. The van der Waals surface area contributed by atoms with E-state index in [0.29, 0.717) is 29.1 Å². The molecule has 0 saturated carbocycles. The van der Waals surface area contributed by atoms with Crippen molar-refractivity contribution in [2.24, 2.45) is 0 Å². The van der Waals surface area contributed by atoms with Gasteiger partial charge in [0, 0.05) is 25.0 Å². The van der Waals surface area contributed by atoms with E-state index >= 15 is 0 Å². The van der Waals surface area contributed by atoms with E-state index in [1.54, 1.807) is 23.7 Å². The van der Waals surface area contributed by atoms with Crippen LogP contribution in [-0.2, 0) is 16.1 Å². The molecule has 0 radical (unpaired) electrons. The van der Waals surface area contributed by atoms with Crippen molar-refractivity contribution in [3.8, 4) is 0 Å². The van der Waals surface area contributed by atoms with Crippen molar-refractivity contribution in [3.05, 3.63) is 34.6 Å². The molecule has 4 rings (SSSR count). The number of nitrogens with zero attached hydrogens (tertiary/aromatic N) is 5. The second-order valence-electron chi connectivity index (χ2n) is 7.54. The first-order valence-corrected chi connectivity index (χ1v) is 8.97. The number of rotatable bonds is 3. The van der Waals surface area contributed by atoms with Crippen molar-refractivity contribution in [1.29, 1.82) is 0 Å². The number of carbonyl (C=O) groups is 1. The number of pyridine rings is 1. The molecule has 1 N–H and O–H groups in total. The van der Waals surface area contributed by atoms with E-state index in [0.717, 1.165) is 12.8 Å². The Balaban J connectivity index is 1.57. The minimum Gasteiger partial charge on any atom is -0.375 e. The van der Waals surface area contributed by atoms with E-state index < -0.39 is 0 Å².